The van der Waals surface area contributed by atoms with E-state index in [0.717, 1.165) is 19.5 Å². The maximum atomic E-state index is 5.06. The van der Waals surface area contributed by atoms with Crippen molar-refractivity contribution in [2.45, 2.75) is 110 Å². The van der Waals surface area contributed by atoms with Crippen LogP contribution in [-0.2, 0) is 0 Å². The third kappa shape index (κ3) is 30.2. The number of hydrogen-bond donors (Lipinski definition) is 2. The van der Waals surface area contributed by atoms with Crippen molar-refractivity contribution >= 4 is 0 Å². The summed E-state index contributed by atoms with van der Waals surface area (Å²) in [6.45, 7) is 7.49. The normalized spacial score (nSPS) is 10.2. The van der Waals surface area contributed by atoms with E-state index in [2.05, 4.69) is 13.5 Å². The van der Waals surface area contributed by atoms with Gasteiger partial charge in [0.1, 0.15) is 0 Å². The maximum absolute atomic E-state index is 5.06. The first-order chi connectivity index (χ1) is 11.3. The molecule has 0 atom stereocenters. The molecule has 0 amide bonds. The highest BCUT2D eigenvalue weighted by Gasteiger charge is 1.93. The summed E-state index contributed by atoms with van der Waals surface area (Å²) in [6.07, 6.45) is 24.4. The standard InChI is InChI=1S/C18H36.C3H10N2/c1-3-5-7-9-11-13-15-17-18-16-14-12-10-8-6-4-2;4-2-1-3-5/h3H,1,4-18H2,2H3;1-5H2. The Balaban J connectivity index is 0. The molecule has 4 N–H and O–H groups in total. The molecule has 140 valence electrons. The van der Waals surface area contributed by atoms with Gasteiger partial charge in [0.2, 0.25) is 0 Å². The van der Waals surface area contributed by atoms with Gasteiger partial charge in [-0.3, -0.25) is 0 Å². The van der Waals surface area contributed by atoms with E-state index >= 15 is 0 Å². The summed E-state index contributed by atoms with van der Waals surface area (Å²) in [5.74, 6) is 0. The molecule has 0 radical (unpaired) electrons. The van der Waals surface area contributed by atoms with Gasteiger partial charge < -0.3 is 11.5 Å². The zero-order valence-electron chi connectivity index (χ0n) is 16.2. The Morgan fingerprint density at radius 1 is 0.565 bits per heavy atom. The summed E-state index contributed by atoms with van der Waals surface area (Å²) < 4.78 is 0. The molecule has 0 fully saturated rings. The van der Waals surface area contributed by atoms with Crippen LogP contribution < -0.4 is 11.5 Å². The van der Waals surface area contributed by atoms with E-state index < -0.39 is 0 Å². The van der Waals surface area contributed by atoms with Gasteiger partial charge in [0.25, 0.3) is 0 Å². The third-order valence-electron chi connectivity index (χ3n) is 4.17. The van der Waals surface area contributed by atoms with Crippen molar-refractivity contribution in [3.8, 4) is 0 Å². The lowest BCUT2D eigenvalue weighted by Crippen LogP contribution is -2.06. The summed E-state index contributed by atoms with van der Waals surface area (Å²) in [7, 11) is 0. The van der Waals surface area contributed by atoms with E-state index in [4.69, 9.17) is 11.5 Å². The van der Waals surface area contributed by atoms with Gasteiger partial charge >= 0.3 is 0 Å². The minimum absolute atomic E-state index is 0.719. The summed E-state index contributed by atoms with van der Waals surface area (Å²) in [5, 5.41) is 0. The highest BCUT2D eigenvalue weighted by Crippen LogP contribution is 2.13. The fourth-order valence-corrected chi connectivity index (χ4v) is 2.60. The zero-order valence-corrected chi connectivity index (χ0v) is 16.2. The molecule has 2 nitrogen and oxygen atoms in total. The van der Waals surface area contributed by atoms with Crippen LogP contribution in [0.3, 0.4) is 0 Å². The molecule has 2 heteroatoms. The summed E-state index contributed by atoms with van der Waals surface area (Å²) in [4.78, 5) is 0. The highest BCUT2D eigenvalue weighted by atomic mass is 14.6. The fraction of sp³-hybridized carbons (Fsp3) is 0.905. The largest absolute Gasteiger partial charge is 0.330 e. The van der Waals surface area contributed by atoms with E-state index in [0.29, 0.717) is 0 Å². The van der Waals surface area contributed by atoms with E-state index in [-0.39, 0.29) is 0 Å². The predicted octanol–water partition coefficient (Wildman–Crippen LogP) is 6.34. The third-order valence-corrected chi connectivity index (χ3v) is 4.17. The average molecular weight is 327 g/mol. The van der Waals surface area contributed by atoms with Crippen LogP contribution in [0, 0.1) is 0 Å². The lowest BCUT2D eigenvalue weighted by molar-refractivity contribution is 0.536. The van der Waals surface area contributed by atoms with E-state index in [1.807, 2.05) is 6.08 Å². The molecule has 0 aliphatic heterocycles. The summed E-state index contributed by atoms with van der Waals surface area (Å²) in [6, 6.07) is 0. The second-order valence-electron chi connectivity index (χ2n) is 6.60. The molecule has 0 aromatic heterocycles. The monoisotopic (exact) mass is 326 g/mol. The number of rotatable bonds is 17. The van der Waals surface area contributed by atoms with Gasteiger partial charge in [-0.25, -0.2) is 0 Å². The van der Waals surface area contributed by atoms with Crippen LogP contribution in [0.4, 0.5) is 0 Å². The lowest BCUT2D eigenvalue weighted by Gasteiger charge is -2.02. The highest BCUT2D eigenvalue weighted by molar-refractivity contribution is 4.65. The van der Waals surface area contributed by atoms with E-state index in [1.54, 1.807) is 0 Å². The van der Waals surface area contributed by atoms with Crippen molar-refractivity contribution in [2.24, 2.45) is 11.5 Å². The molecule has 0 unspecified atom stereocenters. The van der Waals surface area contributed by atoms with Crippen molar-refractivity contribution in [3.63, 3.8) is 0 Å². The van der Waals surface area contributed by atoms with Gasteiger partial charge in [-0.2, -0.15) is 0 Å². The smallest absolute Gasteiger partial charge is 0.00653 e. The van der Waals surface area contributed by atoms with E-state index in [9.17, 15) is 0 Å². The Morgan fingerprint density at radius 3 is 1.17 bits per heavy atom. The molecule has 0 bridgehead atoms. The topological polar surface area (TPSA) is 52.0 Å². The Labute approximate surface area is 147 Å². The van der Waals surface area contributed by atoms with Crippen molar-refractivity contribution in [1.82, 2.24) is 0 Å². The van der Waals surface area contributed by atoms with Gasteiger partial charge in [0.05, 0.1) is 0 Å². The Kier molecular flexibility index (Phi) is 28.8. The van der Waals surface area contributed by atoms with Crippen LogP contribution in [0.15, 0.2) is 12.7 Å². The molecular formula is C21H46N2. The quantitative estimate of drug-likeness (QED) is 0.242. The van der Waals surface area contributed by atoms with Gasteiger partial charge in [0.15, 0.2) is 0 Å². The molecule has 23 heavy (non-hydrogen) atoms. The van der Waals surface area contributed by atoms with Crippen LogP contribution in [0.25, 0.3) is 0 Å². The fourth-order valence-electron chi connectivity index (χ4n) is 2.60. The van der Waals surface area contributed by atoms with Crippen LogP contribution in [-0.4, -0.2) is 13.1 Å². The SMILES string of the molecule is C=CCCCCCCCCCCCCCCCC.NCCCN. The number of hydrogen-bond acceptors (Lipinski definition) is 2. The van der Waals surface area contributed by atoms with Crippen molar-refractivity contribution in [3.05, 3.63) is 12.7 Å². The van der Waals surface area contributed by atoms with Gasteiger partial charge in [0, 0.05) is 0 Å². The first-order valence-electron chi connectivity index (χ1n) is 10.3. The molecule has 0 spiro atoms. The van der Waals surface area contributed by atoms with Gasteiger partial charge in [-0.05, 0) is 32.4 Å². The number of unbranched alkanes of at least 4 members (excludes halogenated alkanes) is 14. The second kappa shape index (κ2) is 26.6. The Morgan fingerprint density at radius 2 is 0.913 bits per heavy atom. The molecular weight excluding hydrogens is 280 g/mol. The summed E-state index contributed by atoms with van der Waals surface area (Å²) >= 11 is 0. The van der Waals surface area contributed by atoms with Crippen LogP contribution >= 0.6 is 0 Å². The van der Waals surface area contributed by atoms with Crippen LogP contribution in [0.1, 0.15) is 110 Å². The molecule has 0 rings (SSSR count). The van der Waals surface area contributed by atoms with Gasteiger partial charge in [-0.1, -0.05) is 96.5 Å². The maximum Gasteiger partial charge on any atom is -0.00653 e. The lowest BCUT2D eigenvalue weighted by atomic mass is 10.0. The number of allylic oxidation sites excluding steroid dienone is 1. The molecule has 0 aromatic rings. The van der Waals surface area contributed by atoms with Crippen molar-refractivity contribution in [1.29, 1.82) is 0 Å². The molecule has 0 heterocycles. The molecule has 0 saturated carbocycles. The Bertz CT molecular complexity index is 190. The first kappa shape index (κ1) is 24.9. The molecule has 0 saturated heterocycles. The Hall–Kier alpha value is -0.340. The average Bonchev–Trinajstić information content (AvgIpc) is 2.56. The predicted molar refractivity (Wildman–Crippen MR) is 108 cm³/mol. The summed E-state index contributed by atoms with van der Waals surface area (Å²) in [5.41, 5.74) is 10.1. The zero-order chi connectivity index (χ0) is 17.4. The minimum Gasteiger partial charge on any atom is -0.330 e. The molecule has 0 aliphatic rings. The first-order valence-corrected chi connectivity index (χ1v) is 10.3. The van der Waals surface area contributed by atoms with Crippen molar-refractivity contribution in [2.75, 3.05) is 13.1 Å². The molecule has 0 aromatic carbocycles. The molecule has 0 aliphatic carbocycles. The van der Waals surface area contributed by atoms with Crippen LogP contribution in [0.2, 0.25) is 0 Å². The van der Waals surface area contributed by atoms with Crippen molar-refractivity contribution < 1.29 is 0 Å². The van der Waals surface area contributed by atoms with Gasteiger partial charge in [-0.15, -0.1) is 6.58 Å². The number of nitrogens with two attached hydrogens (primary N) is 2. The second-order valence-corrected chi connectivity index (χ2v) is 6.60. The van der Waals surface area contributed by atoms with Crippen LogP contribution in [0.5, 0.6) is 0 Å². The van der Waals surface area contributed by atoms with E-state index in [1.165, 1.54) is 96.3 Å². The minimum atomic E-state index is 0.719.